The van der Waals surface area contributed by atoms with Crippen LogP contribution in [0.15, 0.2) is 0 Å². The summed E-state index contributed by atoms with van der Waals surface area (Å²) in [6, 6.07) is -0.120. The maximum absolute atomic E-state index is 12.8. The second kappa shape index (κ2) is 7.67. The van der Waals surface area contributed by atoms with Crippen molar-refractivity contribution in [3.63, 3.8) is 0 Å². The van der Waals surface area contributed by atoms with E-state index in [0.717, 1.165) is 63.2 Å². The van der Waals surface area contributed by atoms with Crippen molar-refractivity contribution in [2.45, 2.75) is 109 Å². The van der Waals surface area contributed by atoms with Gasteiger partial charge in [-0.2, -0.15) is 0 Å². The molecule has 6 fully saturated rings. The summed E-state index contributed by atoms with van der Waals surface area (Å²) >= 11 is 0. The SMILES string of the molecule is CC(C)C[C@H]1NC[C@]2(CC[C@@]3(C)[C@@H](CC[C@@H]4[C@@H]3CC[C@@]3(C)[C@H]4CCC34OCCO4)C2)OC1=O. The summed E-state index contributed by atoms with van der Waals surface area (Å²) in [5.41, 5.74) is 0.287. The fraction of sp³-hybridized carbons (Fsp3) is 0.964. The summed E-state index contributed by atoms with van der Waals surface area (Å²) in [5, 5.41) is 3.59. The summed E-state index contributed by atoms with van der Waals surface area (Å²) in [7, 11) is 0. The summed E-state index contributed by atoms with van der Waals surface area (Å²) in [5.74, 6) is 3.19. The average Bonchev–Trinajstić information content (AvgIpc) is 3.37. The molecule has 5 heteroatoms. The molecular weight excluding hydrogens is 414 g/mol. The summed E-state index contributed by atoms with van der Waals surface area (Å²) < 4.78 is 18.9. The van der Waals surface area contributed by atoms with Gasteiger partial charge in [-0.3, -0.25) is 4.79 Å². The number of fused-ring (bicyclic) bond motifs is 6. The number of hydrogen-bond acceptors (Lipinski definition) is 5. The van der Waals surface area contributed by atoms with Crippen molar-refractivity contribution >= 4 is 5.97 Å². The van der Waals surface area contributed by atoms with Gasteiger partial charge in [-0.05, 0) is 92.8 Å². The highest BCUT2D eigenvalue weighted by molar-refractivity contribution is 5.77. The van der Waals surface area contributed by atoms with Gasteiger partial charge in [0.1, 0.15) is 11.6 Å². The first-order chi connectivity index (χ1) is 15.7. The Morgan fingerprint density at radius 2 is 1.73 bits per heavy atom. The Bertz CT molecular complexity index is 793. The molecule has 0 aromatic heterocycles. The molecule has 0 radical (unpaired) electrons. The zero-order chi connectivity index (χ0) is 23.1. The third-order valence-electron chi connectivity index (χ3n) is 11.6. The monoisotopic (exact) mass is 459 g/mol. The molecule has 186 valence electrons. The van der Waals surface area contributed by atoms with E-state index < -0.39 is 0 Å². The number of nitrogens with one attached hydrogen (secondary N) is 1. The van der Waals surface area contributed by atoms with Gasteiger partial charge >= 0.3 is 5.97 Å². The van der Waals surface area contributed by atoms with Crippen LogP contribution in [0.5, 0.6) is 0 Å². The molecule has 2 aliphatic heterocycles. The Morgan fingerprint density at radius 3 is 2.45 bits per heavy atom. The molecule has 2 saturated heterocycles. The molecule has 2 heterocycles. The molecule has 6 aliphatic rings. The van der Waals surface area contributed by atoms with Gasteiger partial charge in [0, 0.05) is 18.4 Å². The number of morpholine rings is 1. The fourth-order valence-electron chi connectivity index (χ4n) is 9.81. The second-order valence-electron chi connectivity index (χ2n) is 13.5. The highest BCUT2D eigenvalue weighted by atomic mass is 16.7. The van der Waals surface area contributed by atoms with E-state index in [0.29, 0.717) is 17.3 Å². The van der Waals surface area contributed by atoms with Crippen LogP contribution in [0.1, 0.15) is 91.9 Å². The molecule has 4 aliphatic carbocycles. The molecule has 0 amide bonds. The number of esters is 1. The van der Waals surface area contributed by atoms with E-state index >= 15 is 0 Å². The largest absolute Gasteiger partial charge is 0.457 e. The third kappa shape index (κ3) is 3.24. The highest BCUT2D eigenvalue weighted by Crippen LogP contribution is 2.70. The minimum absolute atomic E-state index is 0.00603. The molecule has 5 nitrogen and oxygen atoms in total. The standard InChI is InChI=1S/C28H45NO4/c1-18(2)15-23-24(30)33-27(17-29-23)12-11-25(3)19(16-27)5-6-20-21(25)7-9-26(4)22(20)8-10-28(26)31-13-14-32-28/h18-23,29H,5-17H2,1-4H3/t19-,20+,21-,22-,23+,25-,26-,27+/m0/s1. The Hall–Kier alpha value is -0.650. The quantitative estimate of drug-likeness (QED) is 0.584. The lowest BCUT2D eigenvalue weighted by atomic mass is 9.44. The van der Waals surface area contributed by atoms with Crippen LogP contribution in [0.4, 0.5) is 0 Å². The molecule has 8 atom stereocenters. The molecule has 4 saturated carbocycles. The van der Waals surface area contributed by atoms with Crippen LogP contribution < -0.4 is 5.32 Å². The fourth-order valence-corrected chi connectivity index (χ4v) is 9.81. The zero-order valence-corrected chi connectivity index (χ0v) is 21.3. The van der Waals surface area contributed by atoms with E-state index in [9.17, 15) is 4.79 Å². The van der Waals surface area contributed by atoms with Crippen molar-refractivity contribution in [1.29, 1.82) is 0 Å². The number of rotatable bonds is 2. The van der Waals surface area contributed by atoms with Crippen LogP contribution in [0.3, 0.4) is 0 Å². The molecule has 0 bridgehead atoms. The third-order valence-corrected chi connectivity index (χ3v) is 11.6. The Labute approximate surface area is 200 Å². The van der Waals surface area contributed by atoms with Gasteiger partial charge in [-0.1, -0.05) is 27.7 Å². The van der Waals surface area contributed by atoms with E-state index in [1.54, 1.807) is 0 Å². The van der Waals surface area contributed by atoms with Crippen LogP contribution in [0.2, 0.25) is 0 Å². The van der Waals surface area contributed by atoms with Crippen molar-refractivity contribution in [3.05, 3.63) is 0 Å². The van der Waals surface area contributed by atoms with Gasteiger partial charge in [-0.25, -0.2) is 0 Å². The van der Waals surface area contributed by atoms with Crippen molar-refractivity contribution in [1.82, 2.24) is 5.32 Å². The topological polar surface area (TPSA) is 56.8 Å². The van der Waals surface area contributed by atoms with Crippen LogP contribution in [0, 0.1) is 40.4 Å². The van der Waals surface area contributed by atoms with E-state index in [-0.39, 0.29) is 28.8 Å². The van der Waals surface area contributed by atoms with Crippen molar-refractivity contribution < 1.29 is 19.0 Å². The smallest absolute Gasteiger partial charge is 0.323 e. The molecule has 2 spiro atoms. The van der Waals surface area contributed by atoms with Crippen molar-refractivity contribution in [2.75, 3.05) is 19.8 Å². The summed E-state index contributed by atoms with van der Waals surface area (Å²) in [6.45, 7) is 11.8. The highest BCUT2D eigenvalue weighted by Gasteiger charge is 2.68. The predicted octanol–water partition coefficient (Wildman–Crippen LogP) is 5.07. The summed E-state index contributed by atoms with van der Waals surface area (Å²) in [6.07, 6.45) is 11.6. The zero-order valence-electron chi connectivity index (χ0n) is 21.3. The molecule has 0 aromatic carbocycles. The molecule has 0 aromatic rings. The number of carbonyl (C=O) groups is 1. The molecule has 0 unspecified atom stereocenters. The van der Waals surface area contributed by atoms with Crippen molar-refractivity contribution in [2.24, 2.45) is 40.4 Å². The van der Waals surface area contributed by atoms with Crippen LogP contribution >= 0.6 is 0 Å². The van der Waals surface area contributed by atoms with Gasteiger partial charge in [0.2, 0.25) is 0 Å². The number of carbonyl (C=O) groups excluding carboxylic acids is 1. The first-order valence-corrected chi connectivity index (χ1v) is 13.9. The lowest BCUT2D eigenvalue weighted by Gasteiger charge is -2.63. The number of ether oxygens (including phenoxy) is 3. The van der Waals surface area contributed by atoms with Crippen LogP contribution in [-0.2, 0) is 19.0 Å². The van der Waals surface area contributed by atoms with Gasteiger partial charge in [-0.15, -0.1) is 0 Å². The predicted molar refractivity (Wildman–Crippen MR) is 126 cm³/mol. The Balaban J connectivity index is 1.18. The Morgan fingerprint density at radius 1 is 0.970 bits per heavy atom. The molecule has 33 heavy (non-hydrogen) atoms. The van der Waals surface area contributed by atoms with E-state index in [2.05, 4.69) is 33.0 Å². The first kappa shape index (κ1) is 22.8. The second-order valence-corrected chi connectivity index (χ2v) is 13.5. The van der Waals surface area contributed by atoms with Crippen LogP contribution in [-0.4, -0.2) is 43.2 Å². The number of hydrogen-bond donors (Lipinski definition) is 1. The lowest BCUT2D eigenvalue weighted by molar-refractivity contribution is -0.250. The van der Waals surface area contributed by atoms with Crippen molar-refractivity contribution in [3.8, 4) is 0 Å². The van der Waals surface area contributed by atoms with Gasteiger partial charge in [0.05, 0.1) is 13.2 Å². The molecular formula is C28H45NO4. The normalized spacial score (nSPS) is 50.8. The van der Waals surface area contributed by atoms with Gasteiger partial charge in [0.25, 0.3) is 0 Å². The lowest BCUT2D eigenvalue weighted by Crippen LogP contribution is -2.63. The minimum atomic E-state index is -0.300. The summed E-state index contributed by atoms with van der Waals surface area (Å²) in [4.78, 5) is 12.8. The van der Waals surface area contributed by atoms with E-state index in [1.165, 1.54) is 38.5 Å². The minimum Gasteiger partial charge on any atom is -0.457 e. The maximum Gasteiger partial charge on any atom is 0.323 e. The Kier molecular flexibility index (Phi) is 5.30. The van der Waals surface area contributed by atoms with E-state index in [4.69, 9.17) is 14.2 Å². The van der Waals surface area contributed by atoms with Crippen LogP contribution in [0.25, 0.3) is 0 Å². The van der Waals surface area contributed by atoms with E-state index in [1.807, 2.05) is 0 Å². The maximum atomic E-state index is 12.8. The average molecular weight is 460 g/mol. The van der Waals surface area contributed by atoms with Gasteiger partial charge in [0.15, 0.2) is 5.79 Å². The molecule has 6 rings (SSSR count). The molecule has 1 N–H and O–H groups in total. The first-order valence-electron chi connectivity index (χ1n) is 13.9. The van der Waals surface area contributed by atoms with Gasteiger partial charge < -0.3 is 19.5 Å².